The summed E-state index contributed by atoms with van der Waals surface area (Å²) in [5, 5.41) is 5.95. The third-order valence-corrected chi connectivity index (χ3v) is 12.6. The van der Waals surface area contributed by atoms with Crippen LogP contribution in [-0.2, 0) is 6.42 Å². The summed E-state index contributed by atoms with van der Waals surface area (Å²) in [7, 11) is 0. The lowest BCUT2D eigenvalue weighted by atomic mass is 9.97. The second-order valence-corrected chi connectivity index (χ2v) is 17.0. The SMILES string of the molecule is Cc1ccc(NC(=O)c2ccc(-c3c(-c4ccc(F)cc4)ncn3C3CCC(Cc4cccc(NC(=O)c5ccc(-c6c(-c7ccc(F)cc7)ncn6C6CCCC6)o5)c4)C3)o2)cc1. The van der Waals surface area contributed by atoms with Gasteiger partial charge < -0.3 is 28.6 Å². The highest BCUT2D eigenvalue weighted by Gasteiger charge is 2.31. The van der Waals surface area contributed by atoms with Crippen LogP contribution in [0.1, 0.15) is 89.3 Å². The number of aromatic nitrogens is 4. The summed E-state index contributed by atoms with van der Waals surface area (Å²) in [6.07, 6.45) is 11.5. The Morgan fingerprint density at radius 1 is 0.625 bits per heavy atom. The van der Waals surface area contributed by atoms with Gasteiger partial charge in [0.05, 0.1) is 24.0 Å². The molecule has 2 amide bonds. The Morgan fingerprint density at radius 2 is 1.17 bits per heavy atom. The van der Waals surface area contributed by atoms with Gasteiger partial charge in [0.15, 0.2) is 23.0 Å². The smallest absolute Gasteiger partial charge is 0.291 e. The fourth-order valence-corrected chi connectivity index (χ4v) is 9.38. The van der Waals surface area contributed by atoms with Crippen LogP contribution in [-0.4, -0.2) is 30.9 Å². The molecule has 2 fully saturated rings. The number of amides is 2. The summed E-state index contributed by atoms with van der Waals surface area (Å²) in [6.45, 7) is 1.99. The average molecular weight is 857 g/mol. The number of nitrogens with zero attached hydrogens (tertiary/aromatic N) is 4. The number of imidazole rings is 2. The first kappa shape index (κ1) is 40.7. The molecule has 2 atom stereocenters. The first-order chi connectivity index (χ1) is 31.2. The fraction of sp³-hybridized carbons (Fsp3) is 0.231. The molecule has 4 heterocycles. The van der Waals surface area contributed by atoms with Gasteiger partial charge in [0.25, 0.3) is 11.8 Å². The van der Waals surface area contributed by atoms with E-state index in [4.69, 9.17) is 18.8 Å². The van der Waals surface area contributed by atoms with E-state index in [1.807, 2.05) is 62.0 Å². The molecule has 2 aliphatic carbocycles. The Morgan fingerprint density at radius 3 is 1.75 bits per heavy atom. The molecule has 4 aromatic heterocycles. The van der Waals surface area contributed by atoms with Crippen molar-refractivity contribution in [3.05, 3.63) is 168 Å². The summed E-state index contributed by atoms with van der Waals surface area (Å²) in [5.74, 6) is 0.325. The topological polar surface area (TPSA) is 120 Å². The predicted molar refractivity (Wildman–Crippen MR) is 242 cm³/mol. The molecule has 10 rings (SSSR count). The maximum absolute atomic E-state index is 14.0. The van der Waals surface area contributed by atoms with Gasteiger partial charge in [0.1, 0.15) is 23.0 Å². The van der Waals surface area contributed by atoms with Crippen LogP contribution in [0.25, 0.3) is 45.4 Å². The standard InChI is InChI=1S/C52H46F2N6O4/c1-32-9-20-39(21-10-32)57-51(61)45-25-24-44(64-45)50-48(36-14-18-38(54)19-15-36)56-31-60(50)42-22-11-34(29-42)27-33-5-4-6-40(28-33)58-52(62)46-26-23-43(63-46)49-47(35-12-16-37(53)17-13-35)55-30-59(49)41-7-2-3-8-41/h4-6,9-10,12-21,23-26,28,30-31,34,41-42H,2-3,7-8,11,22,27,29H2,1H3,(H,57,61)(H,58,62). The molecule has 2 N–H and O–H groups in total. The van der Waals surface area contributed by atoms with Crippen LogP contribution in [0.3, 0.4) is 0 Å². The summed E-state index contributed by atoms with van der Waals surface area (Å²) in [4.78, 5) is 36.5. The third-order valence-electron chi connectivity index (χ3n) is 12.6. The van der Waals surface area contributed by atoms with Crippen LogP contribution in [0.2, 0.25) is 0 Å². The number of aryl methyl sites for hydroxylation is 1. The Kier molecular flexibility index (Phi) is 11.1. The zero-order valence-electron chi connectivity index (χ0n) is 35.3. The Balaban J connectivity index is 0.841. The number of halogens is 2. The zero-order chi connectivity index (χ0) is 43.7. The van der Waals surface area contributed by atoms with E-state index in [-0.39, 0.29) is 47.1 Å². The van der Waals surface area contributed by atoms with Crippen molar-refractivity contribution in [3.63, 3.8) is 0 Å². The highest BCUT2D eigenvalue weighted by atomic mass is 19.1. The molecule has 10 nitrogen and oxygen atoms in total. The molecule has 0 radical (unpaired) electrons. The molecule has 2 unspecified atom stereocenters. The molecule has 2 saturated carbocycles. The van der Waals surface area contributed by atoms with E-state index in [2.05, 4.69) is 25.8 Å². The maximum Gasteiger partial charge on any atom is 0.291 e. The third kappa shape index (κ3) is 8.43. The molecule has 2 aliphatic rings. The van der Waals surface area contributed by atoms with Gasteiger partial charge in [-0.1, -0.05) is 42.7 Å². The largest absolute Gasteiger partial charge is 0.449 e. The molecule has 64 heavy (non-hydrogen) atoms. The molecule has 12 heteroatoms. The lowest BCUT2D eigenvalue weighted by Gasteiger charge is -2.17. The van der Waals surface area contributed by atoms with Gasteiger partial charge in [0, 0.05) is 34.6 Å². The maximum atomic E-state index is 14.0. The molecular formula is C52H46F2N6O4. The van der Waals surface area contributed by atoms with Crippen molar-refractivity contribution in [1.29, 1.82) is 0 Å². The molecule has 4 aromatic carbocycles. The first-order valence-corrected chi connectivity index (χ1v) is 21.9. The van der Waals surface area contributed by atoms with Crippen LogP contribution < -0.4 is 10.6 Å². The van der Waals surface area contributed by atoms with E-state index in [1.54, 1.807) is 48.5 Å². The van der Waals surface area contributed by atoms with E-state index >= 15 is 0 Å². The highest BCUT2D eigenvalue weighted by Crippen LogP contribution is 2.43. The molecule has 0 bridgehead atoms. The number of hydrogen-bond donors (Lipinski definition) is 2. The molecule has 0 aliphatic heterocycles. The molecule has 322 valence electrons. The number of carbonyl (C=O) groups is 2. The molecular weight excluding hydrogens is 811 g/mol. The monoisotopic (exact) mass is 856 g/mol. The minimum atomic E-state index is -0.363. The van der Waals surface area contributed by atoms with E-state index < -0.39 is 0 Å². The van der Waals surface area contributed by atoms with E-state index in [0.717, 1.165) is 85.0 Å². The minimum absolute atomic E-state index is 0.0983. The van der Waals surface area contributed by atoms with Gasteiger partial charge >= 0.3 is 0 Å². The number of benzene rings is 4. The predicted octanol–water partition coefficient (Wildman–Crippen LogP) is 12.7. The number of anilines is 2. The summed E-state index contributed by atoms with van der Waals surface area (Å²) in [5.41, 5.74) is 7.86. The molecule has 0 spiro atoms. The molecule has 0 saturated heterocycles. The number of rotatable bonds is 12. The van der Waals surface area contributed by atoms with E-state index in [9.17, 15) is 18.4 Å². The lowest BCUT2D eigenvalue weighted by Crippen LogP contribution is -2.11. The fourth-order valence-electron chi connectivity index (χ4n) is 9.38. The van der Waals surface area contributed by atoms with Gasteiger partial charge in [-0.25, -0.2) is 18.7 Å². The summed E-state index contributed by atoms with van der Waals surface area (Å²) < 4.78 is 44.6. The van der Waals surface area contributed by atoms with Gasteiger partial charge in [-0.3, -0.25) is 9.59 Å². The van der Waals surface area contributed by atoms with Crippen LogP contribution in [0.4, 0.5) is 20.2 Å². The van der Waals surface area contributed by atoms with Crippen LogP contribution >= 0.6 is 0 Å². The summed E-state index contributed by atoms with van der Waals surface area (Å²) in [6, 6.07) is 35.3. The van der Waals surface area contributed by atoms with Gasteiger partial charge in [-0.05, 0) is 154 Å². The van der Waals surface area contributed by atoms with Crippen molar-refractivity contribution in [2.45, 2.75) is 70.4 Å². The Labute approximate surface area is 369 Å². The van der Waals surface area contributed by atoms with Gasteiger partial charge in [-0.15, -0.1) is 0 Å². The van der Waals surface area contributed by atoms with Crippen molar-refractivity contribution in [2.24, 2.45) is 5.92 Å². The normalized spacial score (nSPS) is 16.4. The van der Waals surface area contributed by atoms with Gasteiger partial charge in [0.2, 0.25) is 0 Å². The first-order valence-electron chi connectivity index (χ1n) is 21.9. The highest BCUT2D eigenvalue weighted by molar-refractivity contribution is 6.03. The van der Waals surface area contributed by atoms with E-state index in [1.165, 1.54) is 24.3 Å². The average Bonchev–Trinajstić information content (AvgIpc) is 4.16. The van der Waals surface area contributed by atoms with Crippen molar-refractivity contribution in [1.82, 2.24) is 19.1 Å². The number of nitrogens with one attached hydrogen (secondary N) is 2. The van der Waals surface area contributed by atoms with Crippen molar-refractivity contribution in [3.8, 4) is 45.4 Å². The Bertz CT molecular complexity index is 2940. The van der Waals surface area contributed by atoms with E-state index in [0.29, 0.717) is 40.2 Å². The Hall–Kier alpha value is -7.34. The zero-order valence-corrected chi connectivity index (χ0v) is 35.3. The number of furan rings is 2. The van der Waals surface area contributed by atoms with Crippen molar-refractivity contribution >= 4 is 23.2 Å². The number of carbonyl (C=O) groups excluding carboxylic acids is 2. The van der Waals surface area contributed by atoms with Crippen molar-refractivity contribution in [2.75, 3.05) is 10.6 Å². The summed E-state index contributed by atoms with van der Waals surface area (Å²) >= 11 is 0. The second-order valence-electron chi connectivity index (χ2n) is 17.0. The second kappa shape index (κ2) is 17.4. The van der Waals surface area contributed by atoms with Gasteiger partial charge in [-0.2, -0.15) is 0 Å². The lowest BCUT2D eigenvalue weighted by molar-refractivity contribution is 0.0990. The van der Waals surface area contributed by atoms with Crippen molar-refractivity contribution < 1.29 is 27.2 Å². The minimum Gasteiger partial charge on any atom is -0.449 e. The molecule has 8 aromatic rings. The quantitative estimate of drug-likeness (QED) is 0.126. The van der Waals surface area contributed by atoms with Crippen LogP contribution in [0.5, 0.6) is 0 Å². The number of hydrogen-bond acceptors (Lipinski definition) is 6. The van der Waals surface area contributed by atoms with Crippen LogP contribution in [0, 0.1) is 24.5 Å². The van der Waals surface area contributed by atoms with Crippen LogP contribution in [0.15, 0.2) is 143 Å².